The number of carbonyl (C=O) groups excluding carboxylic acids is 1. The summed E-state index contributed by atoms with van der Waals surface area (Å²) in [5.74, 6) is 3.35. The lowest BCUT2D eigenvalue weighted by Crippen LogP contribution is -2.32. The number of thioether (sulfide) groups is 2. The Hall–Kier alpha value is -0.680. The summed E-state index contributed by atoms with van der Waals surface area (Å²) in [5, 5.41) is 0.538. The lowest BCUT2D eigenvalue weighted by Gasteiger charge is -2.28. The summed E-state index contributed by atoms with van der Waals surface area (Å²) < 4.78 is 0. The first-order chi connectivity index (χ1) is 9.13. The van der Waals surface area contributed by atoms with E-state index in [9.17, 15) is 4.79 Å². The molecule has 5 heteroatoms. The molecule has 2 atom stereocenters. The van der Waals surface area contributed by atoms with Gasteiger partial charge in [0.15, 0.2) is 5.78 Å². The maximum absolute atomic E-state index is 12.6. The molecule has 2 rings (SSSR count). The Kier molecular flexibility index (Phi) is 5.16. The number of nitrogens with zero attached hydrogens (tertiary/aromatic N) is 2. The summed E-state index contributed by atoms with van der Waals surface area (Å²) in [5.41, 5.74) is 0.740. The van der Waals surface area contributed by atoms with Gasteiger partial charge in [0.2, 0.25) is 0 Å². The van der Waals surface area contributed by atoms with E-state index in [1.54, 1.807) is 18.0 Å². The van der Waals surface area contributed by atoms with E-state index in [1.807, 2.05) is 42.9 Å². The largest absolute Gasteiger partial charge is 0.363 e. The van der Waals surface area contributed by atoms with Crippen LogP contribution in [0.25, 0.3) is 0 Å². The van der Waals surface area contributed by atoms with Crippen molar-refractivity contribution < 1.29 is 4.79 Å². The van der Waals surface area contributed by atoms with Gasteiger partial charge in [-0.15, -0.1) is 11.8 Å². The molecule has 2 heterocycles. The first-order valence-corrected chi connectivity index (χ1v) is 8.64. The average Bonchev–Trinajstić information content (AvgIpc) is 2.46. The molecule has 1 aromatic heterocycles. The van der Waals surface area contributed by atoms with Crippen LogP contribution in [0.1, 0.15) is 23.7 Å². The van der Waals surface area contributed by atoms with Gasteiger partial charge in [-0.3, -0.25) is 4.79 Å². The highest BCUT2D eigenvalue weighted by Crippen LogP contribution is 2.35. The number of anilines is 1. The fraction of sp³-hybridized carbons (Fsp3) is 0.571. The van der Waals surface area contributed by atoms with Crippen molar-refractivity contribution in [2.45, 2.75) is 23.8 Å². The molecule has 19 heavy (non-hydrogen) atoms. The van der Waals surface area contributed by atoms with Gasteiger partial charge in [0.05, 0.1) is 5.25 Å². The van der Waals surface area contributed by atoms with Crippen molar-refractivity contribution in [3.8, 4) is 0 Å². The van der Waals surface area contributed by atoms with Gasteiger partial charge in [-0.1, -0.05) is 6.92 Å². The van der Waals surface area contributed by atoms with E-state index < -0.39 is 0 Å². The van der Waals surface area contributed by atoms with Gasteiger partial charge in [0.25, 0.3) is 0 Å². The average molecular weight is 296 g/mol. The van der Waals surface area contributed by atoms with E-state index in [4.69, 9.17) is 0 Å². The van der Waals surface area contributed by atoms with Gasteiger partial charge in [-0.2, -0.15) is 11.8 Å². The van der Waals surface area contributed by atoms with Crippen molar-refractivity contribution in [2.24, 2.45) is 0 Å². The van der Waals surface area contributed by atoms with E-state index in [0.29, 0.717) is 5.25 Å². The molecular weight excluding hydrogens is 276 g/mol. The number of pyridine rings is 1. The number of carbonyl (C=O) groups is 1. The van der Waals surface area contributed by atoms with Gasteiger partial charge in [0, 0.05) is 42.6 Å². The summed E-state index contributed by atoms with van der Waals surface area (Å²) >= 11 is 3.73. The van der Waals surface area contributed by atoms with Gasteiger partial charge < -0.3 is 4.90 Å². The van der Waals surface area contributed by atoms with Crippen molar-refractivity contribution in [1.29, 1.82) is 0 Å². The van der Waals surface area contributed by atoms with Gasteiger partial charge in [-0.05, 0) is 18.6 Å². The normalized spacial score (nSPS) is 23.1. The van der Waals surface area contributed by atoms with Gasteiger partial charge in [0.1, 0.15) is 5.82 Å². The first kappa shape index (κ1) is 14.7. The minimum Gasteiger partial charge on any atom is -0.363 e. The highest BCUT2D eigenvalue weighted by molar-refractivity contribution is 8.07. The smallest absolute Gasteiger partial charge is 0.178 e. The van der Waals surface area contributed by atoms with Crippen LogP contribution in [0.5, 0.6) is 0 Å². The van der Waals surface area contributed by atoms with Crippen molar-refractivity contribution in [1.82, 2.24) is 4.98 Å². The molecule has 1 fully saturated rings. The van der Waals surface area contributed by atoms with Gasteiger partial charge in [-0.25, -0.2) is 4.98 Å². The van der Waals surface area contributed by atoms with Crippen LogP contribution in [0.2, 0.25) is 0 Å². The number of hydrogen-bond acceptors (Lipinski definition) is 5. The number of ketones is 1. The zero-order valence-electron chi connectivity index (χ0n) is 11.6. The molecule has 0 N–H and O–H groups in total. The number of aromatic nitrogens is 1. The molecule has 104 valence electrons. The maximum Gasteiger partial charge on any atom is 0.178 e. The Bertz CT molecular complexity index is 434. The molecule has 1 aromatic rings. The van der Waals surface area contributed by atoms with Crippen molar-refractivity contribution in [3.05, 3.63) is 23.9 Å². The standard InChI is InChI=1S/C14H20N2OS2/c1-4-11-14(19-8-7-18-11)13(17)10-5-6-12(15-9-10)16(2)3/h5-6,9,11,14H,4,7-8H2,1-3H3. The summed E-state index contributed by atoms with van der Waals surface area (Å²) in [4.78, 5) is 18.8. The fourth-order valence-electron chi connectivity index (χ4n) is 2.11. The van der Waals surface area contributed by atoms with Crippen LogP contribution in [-0.2, 0) is 0 Å². The number of Topliss-reactive ketones (excluding diaryl/α,β-unsaturated/α-hetero) is 1. The number of rotatable bonds is 4. The lowest BCUT2D eigenvalue weighted by molar-refractivity contribution is 0.0987. The lowest BCUT2D eigenvalue weighted by atomic mass is 10.1. The summed E-state index contributed by atoms with van der Waals surface area (Å²) in [6.07, 6.45) is 2.77. The van der Waals surface area contributed by atoms with Crippen LogP contribution in [0, 0.1) is 0 Å². The predicted octanol–water partition coefficient (Wildman–Crippen LogP) is 2.96. The Labute approximate surface area is 123 Å². The summed E-state index contributed by atoms with van der Waals surface area (Å²) in [7, 11) is 3.90. The molecule has 1 aliphatic heterocycles. The Morgan fingerprint density at radius 2 is 2.11 bits per heavy atom. The van der Waals surface area contributed by atoms with Gasteiger partial charge >= 0.3 is 0 Å². The third-order valence-corrected chi connectivity index (χ3v) is 6.45. The van der Waals surface area contributed by atoms with E-state index in [2.05, 4.69) is 11.9 Å². The molecule has 1 saturated heterocycles. The zero-order chi connectivity index (χ0) is 13.8. The molecule has 1 aliphatic rings. The fourth-order valence-corrected chi connectivity index (χ4v) is 5.13. The van der Waals surface area contributed by atoms with Crippen LogP contribution in [0.15, 0.2) is 18.3 Å². The third-order valence-electron chi connectivity index (χ3n) is 3.20. The number of hydrogen-bond donors (Lipinski definition) is 0. The molecule has 0 radical (unpaired) electrons. The van der Waals surface area contributed by atoms with E-state index in [1.165, 1.54) is 0 Å². The van der Waals surface area contributed by atoms with Crippen LogP contribution < -0.4 is 4.90 Å². The molecular formula is C14H20N2OS2. The van der Waals surface area contributed by atoms with Crippen LogP contribution in [-0.4, -0.2) is 46.9 Å². The topological polar surface area (TPSA) is 33.2 Å². The minimum atomic E-state index is 0.0933. The summed E-state index contributed by atoms with van der Waals surface area (Å²) in [6.45, 7) is 2.16. The molecule has 0 aromatic carbocycles. The summed E-state index contributed by atoms with van der Waals surface area (Å²) in [6, 6.07) is 3.81. The Balaban J connectivity index is 2.13. The third kappa shape index (κ3) is 3.45. The Morgan fingerprint density at radius 1 is 1.37 bits per heavy atom. The van der Waals surface area contributed by atoms with Crippen molar-refractivity contribution >= 4 is 35.1 Å². The monoisotopic (exact) mass is 296 g/mol. The molecule has 0 bridgehead atoms. The van der Waals surface area contributed by atoms with Crippen molar-refractivity contribution in [3.63, 3.8) is 0 Å². The second-order valence-electron chi connectivity index (χ2n) is 4.77. The van der Waals surface area contributed by atoms with Crippen LogP contribution in [0.4, 0.5) is 5.82 Å². The zero-order valence-corrected chi connectivity index (χ0v) is 13.3. The SMILES string of the molecule is CCC1SCCSC1C(=O)c1ccc(N(C)C)nc1. The second kappa shape index (κ2) is 6.66. The molecule has 3 nitrogen and oxygen atoms in total. The van der Waals surface area contributed by atoms with Crippen LogP contribution >= 0.6 is 23.5 Å². The molecule has 0 spiro atoms. The molecule has 2 unspecified atom stereocenters. The van der Waals surface area contributed by atoms with E-state index >= 15 is 0 Å². The van der Waals surface area contributed by atoms with E-state index in [0.717, 1.165) is 29.3 Å². The maximum atomic E-state index is 12.6. The van der Waals surface area contributed by atoms with Crippen LogP contribution in [0.3, 0.4) is 0 Å². The molecule has 0 aliphatic carbocycles. The Morgan fingerprint density at radius 3 is 2.68 bits per heavy atom. The molecule has 0 saturated carbocycles. The minimum absolute atomic E-state index is 0.0933. The second-order valence-corrected chi connectivity index (χ2v) is 7.37. The molecule has 0 amide bonds. The highest BCUT2D eigenvalue weighted by Gasteiger charge is 2.31. The first-order valence-electron chi connectivity index (χ1n) is 6.54. The van der Waals surface area contributed by atoms with Crippen molar-refractivity contribution in [2.75, 3.05) is 30.5 Å². The van der Waals surface area contributed by atoms with E-state index in [-0.39, 0.29) is 11.0 Å². The predicted molar refractivity (Wildman–Crippen MR) is 85.7 cm³/mol. The highest BCUT2D eigenvalue weighted by atomic mass is 32.2. The quantitative estimate of drug-likeness (QED) is 0.798.